The van der Waals surface area contributed by atoms with E-state index in [1.807, 2.05) is 0 Å². The van der Waals surface area contributed by atoms with Crippen LogP contribution in [0.2, 0.25) is 0 Å². The SMILES string of the molecule is c1ncn(C2CCN3CCCCC23)c1[C@@H]1CCCN1. The lowest BCUT2D eigenvalue weighted by Gasteiger charge is -2.33. The van der Waals surface area contributed by atoms with Gasteiger partial charge in [0.1, 0.15) is 0 Å². The van der Waals surface area contributed by atoms with Crippen molar-refractivity contribution in [2.45, 2.75) is 56.7 Å². The Hall–Kier alpha value is -0.870. The summed E-state index contributed by atoms with van der Waals surface area (Å²) in [6.07, 6.45) is 12.2. The van der Waals surface area contributed by atoms with Crippen molar-refractivity contribution in [3.8, 4) is 0 Å². The first-order valence-electron chi connectivity index (χ1n) is 7.92. The summed E-state index contributed by atoms with van der Waals surface area (Å²) >= 11 is 0. The molecule has 0 aromatic carbocycles. The lowest BCUT2D eigenvalue weighted by molar-refractivity contribution is 0.172. The van der Waals surface area contributed by atoms with Gasteiger partial charge >= 0.3 is 0 Å². The van der Waals surface area contributed by atoms with Crippen LogP contribution in [0.1, 0.15) is 56.3 Å². The van der Waals surface area contributed by atoms with Gasteiger partial charge in [0.05, 0.1) is 18.1 Å². The Bertz CT molecular complexity index is 435. The van der Waals surface area contributed by atoms with Gasteiger partial charge in [0.2, 0.25) is 0 Å². The topological polar surface area (TPSA) is 33.1 Å². The molecule has 0 saturated carbocycles. The number of nitrogens with one attached hydrogen (secondary N) is 1. The lowest BCUT2D eigenvalue weighted by atomic mass is 9.98. The fourth-order valence-electron chi connectivity index (χ4n) is 4.34. The number of imidazole rings is 1. The maximum atomic E-state index is 4.45. The smallest absolute Gasteiger partial charge is 0.0951 e. The third-order valence-corrected chi connectivity index (χ3v) is 5.29. The Morgan fingerprint density at radius 2 is 2.05 bits per heavy atom. The molecule has 4 heterocycles. The number of fused-ring (bicyclic) bond motifs is 1. The fourth-order valence-corrected chi connectivity index (χ4v) is 4.34. The van der Waals surface area contributed by atoms with Crippen LogP contribution in [0, 0.1) is 0 Å². The van der Waals surface area contributed by atoms with E-state index >= 15 is 0 Å². The summed E-state index contributed by atoms with van der Waals surface area (Å²) in [5.74, 6) is 0. The molecule has 104 valence electrons. The van der Waals surface area contributed by atoms with Gasteiger partial charge < -0.3 is 9.88 Å². The van der Waals surface area contributed by atoms with Gasteiger partial charge in [0.15, 0.2) is 0 Å². The average molecular weight is 260 g/mol. The third kappa shape index (κ3) is 2.01. The molecule has 1 aromatic heterocycles. The molecule has 0 spiro atoms. The molecule has 0 amide bonds. The van der Waals surface area contributed by atoms with Gasteiger partial charge in [-0.1, -0.05) is 6.42 Å². The van der Waals surface area contributed by atoms with E-state index in [1.54, 1.807) is 0 Å². The van der Waals surface area contributed by atoms with Crippen LogP contribution in [0.4, 0.5) is 0 Å². The number of hydrogen-bond acceptors (Lipinski definition) is 3. The zero-order chi connectivity index (χ0) is 12.7. The number of rotatable bonds is 2. The van der Waals surface area contributed by atoms with Crippen LogP contribution in [0.25, 0.3) is 0 Å². The third-order valence-electron chi connectivity index (χ3n) is 5.29. The van der Waals surface area contributed by atoms with E-state index in [0.29, 0.717) is 12.1 Å². The largest absolute Gasteiger partial charge is 0.328 e. The van der Waals surface area contributed by atoms with Gasteiger partial charge in [-0.3, -0.25) is 4.90 Å². The van der Waals surface area contributed by atoms with Gasteiger partial charge in [0.25, 0.3) is 0 Å². The van der Waals surface area contributed by atoms with Crippen LogP contribution in [0.15, 0.2) is 12.5 Å². The molecule has 19 heavy (non-hydrogen) atoms. The van der Waals surface area contributed by atoms with Crippen molar-refractivity contribution in [3.63, 3.8) is 0 Å². The van der Waals surface area contributed by atoms with Crippen LogP contribution in [0.5, 0.6) is 0 Å². The zero-order valence-electron chi connectivity index (χ0n) is 11.6. The van der Waals surface area contributed by atoms with Gasteiger partial charge in [-0.05, 0) is 45.2 Å². The number of nitrogens with zero attached hydrogens (tertiary/aromatic N) is 3. The number of aromatic nitrogens is 2. The summed E-state index contributed by atoms with van der Waals surface area (Å²) in [5.41, 5.74) is 1.43. The van der Waals surface area contributed by atoms with E-state index < -0.39 is 0 Å². The molecule has 3 saturated heterocycles. The molecule has 1 N–H and O–H groups in total. The molecule has 4 heteroatoms. The summed E-state index contributed by atoms with van der Waals surface area (Å²) in [6, 6.07) is 1.98. The highest BCUT2D eigenvalue weighted by Crippen LogP contribution is 2.37. The minimum atomic E-state index is 0.542. The van der Waals surface area contributed by atoms with Crippen molar-refractivity contribution < 1.29 is 0 Å². The van der Waals surface area contributed by atoms with Crippen molar-refractivity contribution >= 4 is 0 Å². The summed E-state index contributed by atoms with van der Waals surface area (Å²) in [7, 11) is 0. The van der Waals surface area contributed by atoms with Gasteiger partial charge in [-0.2, -0.15) is 0 Å². The Labute approximate surface area is 115 Å². The van der Waals surface area contributed by atoms with E-state index in [4.69, 9.17) is 0 Å². The van der Waals surface area contributed by atoms with Crippen molar-refractivity contribution in [3.05, 3.63) is 18.2 Å². The maximum Gasteiger partial charge on any atom is 0.0951 e. The van der Waals surface area contributed by atoms with Crippen molar-refractivity contribution in [1.82, 2.24) is 19.8 Å². The van der Waals surface area contributed by atoms with Gasteiger partial charge in [-0.25, -0.2) is 4.98 Å². The van der Waals surface area contributed by atoms with Crippen LogP contribution in [-0.2, 0) is 0 Å². The molecule has 4 rings (SSSR count). The Morgan fingerprint density at radius 3 is 2.95 bits per heavy atom. The van der Waals surface area contributed by atoms with E-state index in [2.05, 4.69) is 32.3 Å². The van der Waals surface area contributed by atoms with Crippen LogP contribution in [-0.4, -0.2) is 40.1 Å². The molecular formula is C15H24N4. The predicted octanol–water partition coefficient (Wildman–Crippen LogP) is 2.11. The zero-order valence-corrected chi connectivity index (χ0v) is 11.6. The molecule has 0 bridgehead atoms. The van der Waals surface area contributed by atoms with Crippen LogP contribution < -0.4 is 5.32 Å². The first-order valence-corrected chi connectivity index (χ1v) is 7.92. The predicted molar refractivity (Wildman–Crippen MR) is 75.1 cm³/mol. The van der Waals surface area contributed by atoms with Gasteiger partial charge in [-0.15, -0.1) is 0 Å². The number of piperidine rings is 1. The highest BCUT2D eigenvalue weighted by molar-refractivity contribution is 5.11. The molecule has 0 radical (unpaired) electrons. The molecule has 1 aromatic rings. The molecule has 3 fully saturated rings. The molecule has 0 aliphatic carbocycles. The maximum absolute atomic E-state index is 4.45. The molecule has 3 atom stereocenters. The Kier molecular flexibility index (Phi) is 3.08. The normalized spacial score (nSPS) is 35.7. The second-order valence-electron chi connectivity index (χ2n) is 6.33. The second kappa shape index (κ2) is 4.91. The van der Waals surface area contributed by atoms with Crippen molar-refractivity contribution in [2.24, 2.45) is 0 Å². The quantitative estimate of drug-likeness (QED) is 0.884. The highest BCUT2D eigenvalue weighted by atomic mass is 15.3. The van der Waals surface area contributed by atoms with Crippen molar-refractivity contribution in [1.29, 1.82) is 0 Å². The Balaban J connectivity index is 1.60. The molecule has 3 aliphatic heterocycles. The monoisotopic (exact) mass is 260 g/mol. The van der Waals surface area contributed by atoms with Crippen LogP contribution >= 0.6 is 0 Å². The number of hydrogen-bond donors (Lipinski definition) is 1. The summed E-state index contributed by atoms with van der Waals surface area (Å²) in [5, 5.41) is 3.62. The first kappa shape index (κ1) is 11.9. The van der Waals surface area contributed by atoms with Crippen molar-refractivity contribution in [2.75, 3.05) is 19.6 Å². The average Bonchev–Trinajstić information content (AvgIpc) is 3.17. The summed E-state index contributed by atoms with van der Waals surface area (Å²) < 4.78 is 2.50. The highest BCUT2D eigenvalue weighted by Gasteiger charge is 2.37. The van der Waals surface area contributed by atoms with Gasteiger partial charge in [0, 0.05) is 24.8 Å². The lowest BCUT2D eigenvalue weighted by Crippen LogP contribution is -2.38. The molecule has 2 unspecified atom stereocenters. The standard InChI is InChI=1S/C15H24N4/c1-2-8-18-9-6-14(13(18)5-1)19-11-16-10-15(19)12-4-3-7-17-12/h10-14,17H,1-9H2/t12-,13?,14?/m0/s1. The minimum Gasteiger partial charge on any atom is -0.328 e. The van der Waals surface area contributed by atoms with Crippen LogP contribution in [0.3, 0.4) is 0 Å². The van der Waals surface area contributed by atoms with E-state index in [9.17, 15) is 0 Å². The fraction of sp³-hybridized carbons (Fsp3) is 0.800. The van der Waals surface area contributed by atoms with E-state index in [0.717, 1.165) is 12.6 Å². The molecular weight excluding hydrogens is 236 g/mol. The first-order chi connectivity index (χ1) is 9.43. The summed E-state index contributed by atoms with van der Waals surface area (Å²) in [4.78, 5) is 7.16. The Morgan fingerprint density at radius 1 is 1.05 bits per heavy atom. The second-order valence-corrected chi connectivity index (χ2v) is 6.33. The molecule has 4 nitrogen and oxygen atoms in total. The van der Waals surface area contributed by atoms with E-state index in [-0.39, 0.29) is 0 Å². The minimum absolute atomic E-state index is 0.542. The van der Waals surface area contributed by atoms with E-state index in [1.165, 1.54) is 57.3 Å². The molecule has 3 aliphatic rings. The summed E-state index contributed by atoms with van der Waals surface area (Å²) in [6.45, 7) is 3.76.